The van der Waals surface area contributed by atoms with Crippen LogP contribution in [0.3, 0.4) is 0 Å². The number of fused-ring (bicyclic) bond motifs is 1. The van der Waals surface area contributed by atoms with Gasteiger partial charge in [0, 0.05) is 23.1 Å². The van der Waals surface area contributed by atoms with Gasteiger partial charge in [-0.3, -0.25) is 9.59 Å². The number of aliphatic carboxylic acids is 1. The Morgan fingerprint density at radius 1 is 1.12 bits per heavy atom. The number of carbonyl (C=O) groups excluding carboxylic acids is 1. The zero-order valence-electron chi connectivity index (χ0n) is 13.9. The van der Waals surface area contributed by atoms with Crippen molar-refractivity contribution in [1.29, 1.82) is 0 Å². The third kappa shape index (κ3) is 4.63. The molecule has 1 amide bonds. The molecule has 3 rings (SSSR count). The van der Waals surface area contributed by atoms with Crippen LogP contribution < -0.4 is 5.32 Å². The summed E-state index contributed by atoms with van der Waals surface area (Å²) in [6.07, 6.45) is 1.12. The molecule has 0 bridgehead atoms. The Morgan fingerprint density at radius 3 is 2.60 bits per heavy atom. The van der Waals surface area contributed by atoms with Crippen LogP contribution in [0.15, 0.2) is 59.5 Å². The van der Waals surface area contributed by atoms with Gasteiger partial charge in [-0.25, -0.2) is 0 Å². The maximum Gasteiger partial charge on any atom is 0.303 e. The minimum absolute atomic E-state index is 0.0104. The number of carboxylic acids is 1. The fourth-order valence-corrected chi connectivity index (χ4v) is 4.33. The molecule has 0 aliphatic carbocycles. The van der Waals surface area contributed by atoms with Gasteiger partial charge in [-0.2, -0.15) is 0 Å². The summed E-state index contributed by atoms with van der Waals surface area (Å²) in [6.45, 7) is 0. The van der Waals surface area contributed by atoms with Gasteiger partial charge in [0.1, 0.15) is 0 Å². The average molecular weight is 355 g/mol. The van der Waals surface area contributed by atoms with Gasteiger partial charge in [0.05, 0.1) is 5.92 Å². The second-order valence-electron chi connectivity index (χ2n) is 6.23. The van der Waals surface area contributed by atoms with Crippen molar-refractivity contribution in [2.75, 3.05) is 5.75 Å². The SMILES string of the molecule is O=C(O)CCC(Cc1ccccc1)NC(=O)C1CSc2ccccc21. The van der Waals surface area contributed by atoms with Gasteiger partial charge in [0.25, 0.3) is 0 Å². The van der Waals surface area contributed by atoms with Crippen LogP contribution in [0.5, 0.6) is 0 Å². The van der Waals surface area contributed by atoms with Crippen molar-refractivity contribution in [3.8, 4) is 0 Å². The highest BCUT2D eigenvalue weighted by Crippen LogP contribution is 2.39. The van der Waals surface area contributed by atoms with Crippen molar-refractivity contribution in [1.82, 2.24) is 5.32 Å². The van der Waals surface area contributed by atoms with E-state index in [1.54, 1.807) is 11.8 Å². The number of benzene rings is 2. The largest absolute Gasteiger partial charge is 0.481 e. The molecule has 2 aromatic carbocycles. The Balaban J connectivity index is 1.69. The fraction of sp³-hybridized carbons (Fsp3) is 0.300. The first-order valence-corrected chi connectivity index (χ1v) is 9.40. The molecule has 4 nitrogen and oxygen atoms in total. The van der Waals surface area contributed by atoms with Crippen LogP contribution in [0.25, 0.3) is 0 Å². The smallest absolute Gasteiger partial charge is 0.303 e. The summed E-state index contributed by atoms with van der Waals surface area (Å²) in [5, 5.41) is 12.1. The third-order valence-corrected chi connectivity index (χ3v) is 5.58. The molecule has 0 spiro atoms. The van der Waals surface area contributed by atoms with Crippen LogP contribution in [0.4, 0.5) is 0 Å². The van der Waals surface area contributed by atoms with E-state index in [-0.39, 0.29) is 24.3 Å². The lowest BCUT2D eigenvalue weighted by molar-refractivity contribution is -0.137. The van der Waals surface area contributed by atoms with Crippen molar-refractivity contribution < 1.29 is 14.7 Å². The number of carbonyl (C=O) groups is 2. The number of amides is 1. The van der Waals surface area contributed by atoms with Crippen LogP contribution in [0.1, 0.15) is 29.9 Å². The topological polar surface area (TPSA) is 66.4 Å². The highest BCUT2D eigenvalue weighted by atomic mass is 32.2. The van der Waals surface area contributed by atoms with Gasteiger partial charge in [-0.1, -0.05) is 48.5 Å². The predicted molar refractivity (Wildman–Crippen MR) is 98.9 cm³/mol. The summed E-state index contributed by atoms with van der Waals surface area (Å²) in [7, 11) is 0. The lowest BCUT2D eigenvalue weighted by Crippen LogP contribution is -2.40. The van der Waals surface area contributed by atoms with Gasteiger partial charge in [-0.05, 0) is 30.0 Å². The molecule has 0 fully saturated rings. The van der Waals surface area contributed by atoms with Crippen LogP contribution >= 0.6 is 11.8 Å². The second kappa shape index (κ2) is 8.21. The van der Waals surface area contributed by atoms with E-state index < -0.39 is 5.97 Å². The first-order chi connectivity index (χ1) is 12.1. The number of thioether (sulfide) groups is 1. The number of rotatable bonds is 7. The molecule has 2 atom stereocenters. The second-order valence-corrected chi connectivity index (χ2v) is 7.29. The molecule has 0 saturated heterocycles. The molecule has 2 unspecified atom stereocenters. The Kier molecular flexibility index (Phi) is 5.76. The van der Waals surface area contributed by atoms with Gasteiger partial charge in [-0.15, -0.1) is 11.8 Å². The van der Waals surface area contributed by atoms with Crippen molar-refractivity contribution in [3.63, 3.8) is 0 Å². The molecular formula is C20H21NO3S. The van der Waals surface area contributed by atoms with E-state index in [4.69, 9.17) is 5.11 Å². The number of nitrogens with one attached hydrogen (secondary N) is 1. The van der Waals surface area contributed by atoms with E-state index in [0.29, 0.717) is 12.8 Å². The summed E-state index contributed by atoms with van der Waals surface area (Å²) in [5.74, 6) is -0.274. The van der Waals surface area contributed by atoms with Crippen LogP contribution in [0, 0.1) is 0 Å². The maximum absolute atomic E-state index is 12.8. The Hall–Kier alpha value is -2.27. The quantitative estimate of drug-likeness (QED) is 0.798. The van der Waals surface area contributed by atoms with Gasteiger partial charge < -0.3 is 10.4 Å². The Morgan fingerprint density at radius 2 is 1.84 bits per heavy atom. The van der Waals surface area contributed by atoms with E-state index in [9.17, 15) is 9.59 Å². The number of hydrogen-bond acceptors (Lipinski definition) is 3. The Labute approximate surface area is 151 Å². The molecule has 1 aliphatic rings. The summed E-state index contributed by atoms with van der Waals surface area (Å²) in [5.41, 5.74) is 2.17. The summed E-state index contributed by atoms with van der Waals surface area (Å²) < 4.78 is 0. The van der Waals surface area contributed by atoms with Crippen molar-refractivity contribution in [2.24, 2.45) is 0 Å². The number of hydrogen-bond donors (Lipinski definition) is 2. The summed E-state index contributed by atoms with van der Waals surface area (Å²) in [6, 6.07) is 17.7. The minimum atomic E-state index is -0.839. The van der Waals surface area contributed by atoms with Gasteiger partial charge in [0.15, 0.2) is 0 Å². The highest BCUT2D eigenvalue weighted by Gasteiger charge is 2.30. The molecule has 0 saturated carbocycles. The van der Waals surface area contributed by atoms with Crippen molar-refractivity contribution >= 4 is 23.6 Å². The Bertz CT molecular complexity index is 748. The molecular weight excluding hydrogens is 334 g/mol. The van der Waals surface area contributed by atoms with E-state index >= 15 is 0 Å². The lowest BCUT2D eigenvalue weighted by Gasteiger charge is -2.21. The summed E-state index contributed by atoms with van der Waals surface area (Å²) >= 11 is 1.70. The van der Waals surface area contributed by atoms with E-state index in [0.717, 1.165) is 21.8 Å². The van der Waals surface area contributed by atoms with E-state index in [1.807, 2.05) is 54.6 Å². The third-order valence-electron chi connectivity index (χ3n) is 4.39. The first kappa shape index (κ1) is 17.5. The highest BCUT2D eigenvalue weighted by molar-refractivity contribution is 7.99. The van der Waals surface area contributed by atoms with Gasteiger partial charge in [0.2, 0.25) is 5.91 Å². The first-order valence-electron chi connectivity index (χ1n) is 8.41. The molecule has 0 radical (unpaired) electrons. The van der Waals surface area contributed by atoms with E-state index in [1.165, 1.54) is 0 Å². The van der Waals surface area contributed by atoms with Crippen LogP contribution in [0.2, 0.25) is 0 Å². The monoisotopic (exact) mass is 355 g/mol. The van der Waals surface area contributed by atoms with Crippen LogP contribution in [-0.2, 0) is 16.0 Å². The molecule has 25 heavy (non-hydrogen) atoms. The molecule has 0 aromatic heterocycles. The lowest BCUT2D eigenvalue weighted by atomic mass is 9.97. The summed E-state index contributed by atoms with van der Waals surface area (Å²) in [4.78, 5) is 24.9. The minimum Gasteiger partial charge on any atom is -0.481 e. The molecule has 1 heterocycles. The zero-order valence-corrected chi connectivity index (χ0v) is 14.7. The number of carboxylic acid groups (broad SMARTS) is 1. The molecule has 2 aromatic rings. The molecule has 1 aliphatic heterocycles. The van der Waals surface area contributed by atoms with E-state index in [2.05, 4.69) is 5.32 Å². The predicted octanol–water partition coefficient (Wildman–Crippen LogP) is 3.47. The molecule has 130 valence electrons. The van der Waals surface area contributed by atoms with Crippen molar-refractivity contribution in [2.45, 2.75) is 36.1 Å². The maximum atomic E-state index is 12.8. The standard InChI is InChI=1S/C20H21NO3S/c22-19(23)11-10-15(12-14-6-2-1-3-7-14)21-20(24)17-13-25-18-9-5-4-8-16(17)18/h1-9,15,17H,10-13H2,(H,21,24)(H,22,23). The average Bonchev–Trinajstić information content (AvgIpc) is 3.04. The molecule has 5 heteroatoms. The van der Waals surface area contributed by atoms with Crippen molar-refractivity contribution in [3.05, 3.63) is 65.7 Å². The fourth-order valence-electron chi connectivity index (χ4n) is 3.10. The van der Waals surface area contributed by atoms with Crippen LogP contribution in [-0.4, -0.2) is 28.8 Å². The zero-order chi connectivity index (χ0) is 17.6. The normalized spacial score (nSPS) is 16.9. The van der Waals surface area contributed by atoms with Gasteiger partial charge >= 0.3 is 5.97 Å². The molecule has 2 N–H and O–H groups in total.